The second-order valence-electron chi connectivity index (χ2n) is 5.27. The van der Waals surface area contributed by atoms with Crippen LogP contribution < -0.4 is 5.32 Å². The lowest BCUT2D eigenvalue weighted by Crippen LogP contribution is -2.46. The van der Waals surface area contributed by atoms with Crippen molar-refractivity contribution in [2.24, 2.45) is 4.99 Å². The molecule has 1 N–H and O–H groups in total. The standard InChI is InChI=1S/C14H28N4O2/c1-3-15-14(16-5-9-19-2)18-6-4-13(12-18)17-7-10-20-11-8-17/h13H,3-12H2,1-2H3,(H,15,16). The summed E-state index contributed by atoms with van der Waals surface area (Å²) in [5, 5.41) is 3.38. The van der Waals surface area contributed by atoms with Gasteiger partial charge in [-0.1, -0.05) is 0 Å². The molecule has 0 aliphatic carbocycles. The summed E-state index contributed by atoms with van der Waals surface area (Å²) in [6, 6.07) is 0.644. The van der Waals surface area contributed by atoms with E-state index in [2.05, 4.69) is 27.0 Å². The van der Waals surface area contributed by atoms with Crippen molar-refractivity contribution in [3.05, 3.63) is 0 Å². The summed E-state index contributed by atoms with van der Waals surface area (Å²) in [5.41, 5.74) is 0. The molecule has 0 aromatic carbocycles. The molecule has 20 heavy (non-hydrogen) atoms. The minimum atomic E-state index is 0.644. The minimum Gasteiger partial charge on any atom is -0.383 e. The van der Waals surface area contributed by atoms with Crippen molar-refractivity contribution in [3.8, 4) is 0 Å². The van der Waals surface area contributed by atoms with E-state index in [9.17, 15) is 0 Å². The van der Waals surface area contributed by atoms with Gasteiger partial charge in [-0.25, -0.2) is 0 Å². The van der Waals surface area contributed by atoms with Gasteiger partial charge in [-0.2, -0.15) is 0 Å². The summed E-state index contributed by atoms with van der Waals surface area (Å²) in [6.07, 6.45) is 1.22. The fourth-order valence-electron chi connectivity index (χ4n) is 2.84. The first-order valence-corrected chi connectivity index (χ1v) is 7.69. The van der Waals surface area contributed by atoms with E-state index in [0.717, 1.165) is 58.4 Å². The number of rotatable bonds is 5. The molecule has 1 atom stereocenters. The van der Waals surface area contributed by atoms with Gasteiger partial charge in [0.1, 0.15) is 0 Å². The summed E-state index contributed by atoms with van der Waals surface area (Å²) in [4.78, 5) is 9.56. The van der Waals surface area contributed by atoms with Gasteiger partial charge in [-0.15, -0.1) is 0 Å². The zero-order chi connectivity index (χ0) is 14.2. The van der Waals surface area contributed by atoms with E-state index in [1.165, 1.54) is 6.42 Å². The SMILES string of the molecule is CCNC(=NCCOC)N1CCC(N2CCOCC2)C1. The predicted molar refractivity (Wildman–Crippen MR) is 80.2 cm³/mol. The van der Waals surface area contributed by atoms with Gasteiger partial charge >= 0.3 is 0 Å². The van der Waals surface area contributed by atoms with Crippen LogP contribution in [-0.2, 0) is 9.47 Å². The van der Waals surface area contributed by atoms with Crippen LogP contribution in [0.15, 0.2) is 4.99 Å². The van der Waals surface area contributed by atoms with Crippen LogP contribution in [0.2, 0.25) is 0 Å². The van der Waals surface area contributed by atoms with Crippen LogP contribution in [0.3, 0.4) is 0 Å². The molecule has 0 aromatic heterocycles. The number of nitrogens with zero attached hydrogens (tertiary/aromatic N) is 3. The lowest BCUT2D eigenvalue weighted by atomic mass is 10.2. The number of hydrogen-bond donors (Lipinski definition) is 1. The van der Waals surface area contributed by atoms with E-state index >= 15 is 0 Å². The Labute approximate surface area is 122 Å². The Morgan fingerprint density at radius 3 is 2.85 bits per heavy atom. The molecule has 0 radical (unpaired) electrons. The second kappa shape index (κ2) is 8.44. The largest absolute Gasteiger partial charge is 0.383 e. The highest BCUT2D eigenvalue weighted by Crippen LogP contribution is 2.17. The first-order chi connectivity index (χ1) is 9.85. The molecule has 6 nitrogen and oxygen atoms in total. The number of nitrogens with one attached hydrogen (secondary N) is 1. The Hall–Kier alpha value is -0.850. The normalized spacial score (nSPS) is 25.2. The Balaban J connectivity index is 1.86. The van der Waals surface area contributed by atoms with Crippen molar-refractivity contribution in [3.63, 3.8) is 0 Å². The van der Waals surface area contributed by atoms with Crippen LogP contribution in [0.25, 0.3) is 0 Å². The second-order valence-corrected chi connectivity index (χ2v) is 5.27. The number of likely N-dealkylation sites (tertiary alicyclic amines) is 1. The topological polar surface area (TPSA) is 49.3 Å². The van der Waals surface area contributed by atoms with Crippen LogP contribution in [-0.4, -0.2) is 88.0 Å². The number of morpholine rings is 1. The van der Waals surface area contributed by atoms with E-state index in [1.54, 1.807) is 7.11 Å². The van der Waals surface area contributed by atoms with Crippen molar-refractivity contribution in [1.29, 1.82) is 0 Å². The molecule has 0 amide bonds. The van der Waals surface area contributed by atoms with Gasteiger partial charge in [0, 0.05) is 45.9 Å². The monoisotopic (exact) mass is 284 g/mol. The molecule has 2 aliphatic rings. The van der Waals surface area contributed by atoms with E-state index in [4.69, 9.17) is 9.47 Å². The lowest BCUT2D eigenvalue weighted by Gasteiger charge is -2.32. The summed E-state index contributed by atoms with van der Waals surface area (Å²) in [5.74, 6) is 1.03. The molecule has 0 aromatic rings. The molecular formula is C14H28N4O2. The predicted octanol–water partition coefficient (Wildman–Crippen LogP) is 0.00480. The van der Waals surface area contributed by atoms with Crippen molar-refractivity contribution < 1.29 is 9.47 Å². The maximum absolute atomic E-state index is 5.43. The molecule has 1 unspecified atom stereocenters. The van der Waals surface area contributed by atoms with E-state index in [-0.39, 0.29) is 0 Å². The summed E-state index contributed by atoms with van der Waals surface area (Å²) < 4.78 is 10.5. The van der Waals surface area contributed by atoms with Crippen molar-refractivity contribution >= 4 is 5.96 Å². The van der Waals surface area contributed by atoms with Crippen LogP contribution in [0, 0.1) is 0 Å². The number of guanidine groups is 1. The number of methoxy groups -OCH3 is 1. The van der Waals surface area contributed by atoms with Crippen LogP contribution in [0.1, 0.15) is 13.3 Å². The van der Waals surface area contributed by atoms with Gasteiger partial charge in [-0.05, 0) is 13.3 Å². The third-order valence-electron chi connectivity index (χ3n) is 3.92. The number of aliphatic imine (C=N–C) groups is 1. The lowest BCUT2D eigenvalue weighted by molar-refractivity contribution is 0.0195. The first-order valence-electron chi connectivity index (χ1n) is 7.69. The summed E-state index contributed by atoms with van der Waals surface area (Å²) >= 11 is 0. The number of hydrogen-bond acceptors (Lipinski definition) is 4. The van der Waals surface area contributed by atoms with Crippen LogP contribution in [0.4, 0.5) is 0 Å². The Morgan fingerprint density at radius 2 is 2.15 bits per heavy atom. The third kappa shape index (κ3) is 4.33. The molecule has 0 saturated carbocycles. The molecule has 0 bridgehead atoms. The van der Waals surface area contributed by atoms with E-state index in [0.29, 0.717) is 12.6 Å². The highest BCUT2D eigenvalue weighted by atomic mass is 16.5. The van der Waals surface area contributed by atoms with Crippen molar-refractivity contribution in [1.82, 2.24) is 15.1 Å². The van der Waals surface area contributed by atoms with Gasteiger partial charge in [0.2, 0.25) is 0 Å². The van der Waals surface area contributed by atoms with Gasteiger partial charge in [0.15, 0.2) is 5.96 Å². The molecule has 0 spiro atoms. The quantitative estimate of drug-likeness (QED) is 0.438. The van der Waals surface area contributed by atoms with Gasteiger partial charge < -0.3 is 19.7 Å². The molecule has 2 fully saturated rings. The maximum atomic E-state index is 5.43. The minimum absolute atomic E-state index is 0.644. The molecule has 116 valence electrons. The summed E-state index contributed by atoms with van der Waals surface area (Å²) in [6.45, 7) is 10.4. The maximum Gasteiger partial charge on any atom is 0.194 e. The van der Waals surface area contributed by atoms with E-state index in [1.807, 2.05) is 0 Å². The van der Waals surface area contributed by atoms with E-state index < -0.39 is 0 Å². The van der Waals surface area contributed by atoms with Crippen molar-refractivity contribution in [2.75, 3.05) is 66.2 Å². The zero-order valence-electron chi connectivity index (χ0n) is 12.8. The van der Waals surface area contributed by atoms with Crippen molar-refractivity contribution in [2.45, 2.75) is 19.4 Å². The average molecular weight is 284 g/mol. The fourth-order valence-corrected chi connectivity index (χ4v) is 2.84. The Bertz CT molecular complexity index is 306. The highest BCUT2D eigenvalue weighted by Gasteiger charge is 2.30. The Morgan fingerprint density at radius 1 is 1.35 bits per heavy atom. The van der Waals surface area contributed by atoms with Crippen LogP contribution in [0.5, 0.6) is 0 Å². The molecule has 2 rings (SSSR count). The molecule has 6 heteroatoms. The van der Waals surface area contributed by atoms with Gasteiger partial charge in [0.25, 0.3) is 0 Å². The zero-order valence-corrected chi connectivity index (χ0v) is 12.8. The summed E-state index contributed by atoms with van der Waals surface area (Å²) in [7, 11) is 1.72. The van der Waals surface area contributed by atoms with Gasteiger partial charge in [-0.3, -0.25) is 9.89 Å². The third-order valence-corrected chi connectivity index (χ3v) is 3.92. The Kier molecular flexibility index (Phi) is 6.56. The molecule has 2 aliphatic heterocycles. The smallest absolute Gasteiger partial charge is 0.194 e. The molecule has 2 saturated heterocycles. The van der Waals surface area contributed by atoms with Gasteiger partial charge in [0.05, 0.1) is 26.4 Å². The van der Waals surface area contributed by atoms with Crippen LogP contribution >= 0.6 is 0 Å². The average Bonchev–Trinajstić information content (AvgIpc) is 2.97. The molecular weight excluding hydrogens is 256 g/mol. The first kappa shape index (κ1) is 15.5. The molecule has 2 heterocycles. The fraction of sp³-hybridized carbons (Fsp3) is 0.929. The number of ether oxygens (including phenoxy) is 2. The highest BCUT2D eigenvalue weighted by molar-refractivity contribution is 5.80.